The second-order valence-electron chi connectivity index (χ2n) is 3.44. The molecule has 0 fully saturated rings. The van der Waals surface area contributed by atoms with Crippen molar-refractivity contribution in [2.45, 2.75) is 39.7 Å². The quantitative estimate of drug-likeness (QED) is 0.678. The van der Waals surface area contributed by atoms with Gasteiger partial charge in [0.25, 0.3) is 0 Å². The number of carbonyl (C=O) groups excluding carboxylic acids is 2. The van der Waals surface area contributed by atoms with Crippen LogP contribution in [-0.2, 0) is 14.3 Å². The molecule has 2 atom stereocenters. The van der Waals surface area contributed by atoms with Crippen LogP contribution in [0.25, 0.3) is 0 Å². The van der Waals surface area contributed by atoms with Gasteiger partial charge in [0.2, 0.25) is 5.91 Å². The van der Waals surface area contributed by atoms with E-state index in [0.717, 1.165) is 12.8 Å². The highest BCUT2D eigenvalue weighted by atomic mass is 16.5. The molecule has 0 saturated carbocycles. The molecule has 4 heteroatoms. The van der Waals surface area contributed by atoms with Crippen LogP contribution in [0.15, 0.2) is 0 Å². The van der Waals surface area contributed by atoms with E-state index in [0.29, 0.717) is 0 Å². The minimum absolute atomic E-state index is 0.0490. The van der Waals surface area contributed by atoms with Gasteiger partial charge in [-0.1, -0.05) is 20.3 Å². The number of methoxy groups -OCH3 is 1. The standard InChI is InChI=1S/C10H19NO3/c1-5-6-7(2)9(12)11-8(3)10(13)14-4/h7-8H,5-6H2,1-4H3,(H,11,12). The van der Waals surface area contributed by atoms with E-state index in [4.69, 9.17) is 0 Å². The van der Waals surface area contributed by atoms with Crippen LogP contribution in [0.5, 0.6) is 0 Å². The number of ether oxygens (including phenoxy) is 1. The number of hydrogen-bond donors (Lipinski definition) is 1. The molecule has 0 aromatic heterocycles. The topological polar surface area (TPSA) is 55.4 Å². The van der Waals surface area contributed by atoms with Crippen molar-refractivity contribution in [1.29, 1.82) is 0 Å². The summed E-state index contributed by atoms with van der Waals surface area (Å²) in [6.07, 6.45) is 1.79. The van der Waals surface area contributed by atoms with Gasteiger partial charge in [-0.15, -0.1) is 0 Å². The second kappa shape index (κ2) is 6.40. The first kappa shape index (κ1) is 12.9. The minimum Gasteiger partial charge on any atom is -0.467 e. The molecule has 0 aliphatic heterocycles. The molecule has 82 valence electrons. The Balaban J connectivity index is 3.98. The van der Waals surface area contributed by atoms with E-state index in [-0.39, 0.29) is 11.8 Å². The first-order valence-corrected chi connectivity index (χ1v) is 4.91. The summed E-state index contributed by atoms with van der Waals surface area (Å²) >= 11 is 0. The van der Waals surface area contributed by atoms with Crippen LogP contribution in [0.2, 0.25) is 0 Å². The lowest BCUT2D eigenvalue weighted by Gasteiger charge is -2.15. The van der Waals surface area contributed by atoms with Gasteiger partial charge in [0.05, 0.1) is 7.11 Å². The maximum atomic E-state index is 11.4. The summed E-state index contributed by atoms with van der Waals surface area (Å²) in [7, 11) is 1.31. The fourth-order valence-electron chi connectivity index (χ4n) is 1.16. The van der Waals surface area contributed by atoms with Crippen molar-refractivity contribution in [2.24, 2.45) is 5.92 Å². The summed E-state index contributed by atoms with van der Waals surface area (Å²) in [5.74, 6) is -0.557. The van der Waals surface area contributed by atoms with E-state index in [9.17, 15) is 9.59 Å². The summed E-state index contributed by atoms with van der Waals surface area (Å²) in [6, 6.07) is -0.563. The predicted octanol–water partition coefficient (Wildman–Crippen LogP) is 1.10. The van der Waals surface area contributed by atoms with E-state index in [1.165, 1.54) is 7.11 Å². The zero-order valence-corrected chi connectivity index (χ0v) is 9.29. The molecular formula is C10H19NO3. The first-order chi connectivity index (χ1) is 6.52. The van der Waals surface area contributed by atoms with Crippen LogP contribution in [0.1, 0.15) is 33.6 Å². The lowest BCUT2D eigenvalue weighted by Crippen LogP contribution is -2.41. The van der Waals surface area contributed by atoms with Gasteiger partial charge >= 0.3 is 5.97 Å². The van der Waals surface area contributed by atoms with Gasteiger partial charge in [-0.3, -0.25) is 4.79 Å². The smallest absolute Gasteiger partial charge is 0.328 e. The van der Waals surface area contributed by atoms with Gasteiger partial charge in [0, 0.05) is 5.92 Å². The normalized spacial score (nSPS) is 14.3. The number of amides is 1. The van der Waals surface area contributed by atoms with Crippen molar-refractivity contribution in [1.82, 2.24) is 5.32 Å². The third-order valence-corrected chi connectivity index (χ3v) is 2.08. The van der Waals surface area contributed by atoms with Crippen LogP contribution >= 0.6 is 0 Å². The van der Waals surface area contributed by atoms with Gasteiger partial charge in [0.1, 0.15) is 6.04 Å². The SMILES string of the molecule is CCCC(C)C(=O)NC(C)C(=O)OC. The Labute approximate surface area is 85.0 Å². The summed E-state index contributed by atoms with van der Waals surface area (Å²) in [5, 5.41) is 2.60. The molecule has 1 N–H and O–H groups in total. The Hall–Kier alpha value is -1.06. The summed E-state index contributed by atoms with van der Waals surface area (Å²) in [4.78, 5) is 22.4. The van der Waals surface area contributed by atoms with Crippen molar-refractivity contribution >= 4 is 11.9 Å². The number of nitrogens with one attached hydrogen (secondary N) is 1. The molecule has 0 saturated heterocycles. The molecule has 0 radical (unpaired) electrons. The van der Waals surface area contributed by atoms with Crippen LogP contribution in [0.3, 0.4) is 0 Å². The molecule has 0 heterocycles. The van der Waals surface area contributed by atoms with Crippen LogP contribution in [0.4, 0.5) is 0 Å². The van der Waals surface area contributed by atoms with Crippen LogP contribution < -0.4 is 5.32 Å². The van der Waals surface area contributed by atoms with Gasteiger partial charge < -0.3 is 10.1 Å². The Morgan fingerprint density at radius 1 is 1.36 bits per heavy atom. The highest BCUT2D eigenvalue weighted by Crippen LogP contribution is 2.05. The van der Waals surface area contributed by atoms with E-state index < -0.39 is 12.0 Å². The average molecular weight is 201 g/mol. The molecule has 0 bridgehead atoms. The molecule has 1 amide bonds. The highest BCUT2D eigenvalue weighted by molar-refractivity contribution is 5.85. The molecule has 0 aromatic rings. The second-order valence-corrected chi connectivity index (χ2v) is 3.44. The zero-order chi connectivity index (χ0) is 11.1. The first-order valence-electron chi connectivity index (χ1n) is 4.91. The predicted molar refractivity (Wildman–Crippen MR) is 53.7 cm³/mol. The fourth-order valence-corrected chi connectivity index (χ4v) is 1.16. The number of carbonyl (C=O) groups is 2. The molecule has 0 spiro atoms. The summed E-state index contributed by atoms with van der Waals surface area (Å²) < 4.78 is 4.50. The van der Waals surface area contributed by atoms with Gasteiger partial charge in [-0.2, -0.15) is 0 Å². The van der Waals surface area contributed by atoms with E-state index in [1.807, 2.05) is 13.8 Å². The summed E-state index contributed by atoms with van der Waals surface area (Å²) in [5.41, 5.74) is 0. The molecule has 0 aliphatic rings. The Bertz CT molecular complexity index is 204. The fraction of sp³-hybridized carbons (Fsp3) is 0.800. The minimum atomic E-state index is -0.563. The summed E-state index contributed by atoms with van der Waals surface area (Å²) in [6.45, 7) is 5.48. The Morgan fingerprint density at radius 3 is 2.36 bits per heavy atom. The average Bonchev–Trinajstić information content (AvgIpc) is 2.16. The highest BCUT2D eigenvalue weighted by Gasteiger charge is 2.19. The van der Waals surface area contributed by atoms with Gasteiger partial charge in [-0.05, 0) is 13.3 Å². The van der Waals surface area contributed by atoms with E-state index in [1.54, 1.807) is 6.92 Å². The Kier molecular flexibility index (Phi) is 5.92. The van der Waals surface area contributed by atoms with E-state index in [2.05, 4.69) is 10.1 Å². The van der Waals surface area contributed by atoms with Crippen molar-refractivity contribution in [3.8, 4) is 0 Å². The molecule has 2 unspecified atom stereocenters. The number of hydrogen-bond acceptors (Lipinski definition) is 3. The molecular weight excluding hydrogens is 182 g/mol. The van der Waals surface area contributed by atoms with Crippen molar-refractivity contribution < 1.29 is 14.3 Å². The monoisotopic (exact) mass is 201 g/mol. The lowest BCUT2D eigenvalue weighted by molar-refractivity contribution is -0.145. The molecule has 0 rings (SSSR count). The van der Waals surface area contributed by atoms with Crippen molar-refractivity contribution in [2.75, 3.05) is 7.11 Å². The van der Waals surface area contributed by atoms with Crippen molar-refractivity contribution in [3.63, 3.8) is 0 Å². The van der Waals surface area contributed by atoms with Crippen molar-refractivity contribution in [3.05, 3.63) is 0 Å². The number of rotatable bonds is 5. The van der Waals surface area contributed by atoms with Crippen LogP contribution in [-0.4, -0.2) is 25.0 Å². The molecule has 0 aliphatic carbocycles. The van der Waals surface area contributed by atoms with Gasteiger partial charge in [-0.25, -0.2) is 4.79 Å². The Morgan fingerprint density at radius 2 is 1.93 bits per heavy atom. The third kappa shape index (κ3) is 4.25. The van der Waals surface area contributed by atoms with E-state index >= 15 is 0 Å². The maximum Gasteiger partial charge on any atom is 0.328 e. The van der Waals surface area contributed by atoms with Gasteiger partial charge in [0.15, 0.2) is 0 Å². The lowest BCUT2D eigenvalue weighted by atomic mass is 10.1. The largest absolute Gasteiger partial charge is 0.467 e. The van der Waals surface area contributed by atoms with Crippen LogP contribution in [0, 0.1) is 5.92 Å². The maximum absolute atomic E-state index is 11.4. The molecule has 14 heavy (non-hydrogen) atoms. The number of esters is 1. The molecule has 0 aromatic carbocycles. The third-order valence-electron chi connectivity index (χ3n) is 2.08. The zero-order valence-electron chi connectivity index (χ0n) is 9.29. The molecule has 4 nitrogen and oxygen atoms in total.